The van der Waals surface area contributed by atoms with E-state index in [0.717, 1.165) is 28.1 Å². The number of hydrogen-bond acceptors (Lipinski definition) is 6. The lowest BCUT2D eigenvalue weighted by atomic mass is 9.98. The van der Waals surface area contributed by atoms with E-state index in [4.69, 9.17) is 11.6 Å². The first kappa shape index (κ1) is 23.9. The highest BCUT2D eigenvalue weighted by atomic mass is 35.5. The van der Waals surface area contributed by atoms with Crippen molar-refractivity contribution < 1.29 is 17.2 Å². The molecule has 7 nitrogen and oxygen atoms in total. The van der Waals surface area contributed by atoms with Crippen LogP contribution in [0.1, 0.15) is 24.1 Å². The summed E-state index contributed by atoms with van der Waals surface area (Å²) < 4.78 is 57.5. The van der Waals surface area contributed by atoms with Gasteiger partial charge in [0.05, 0.1) is 16.6 Å². The van der Waals surface area contributed by atoms with E-state index in [1.54, 1.807) is 24.2 Å². The molecule has 34 heavy (non-hydrogen) atoms. The first-order chi connectivity index (χ1) is 16.3. The number of sulfonamides is 1. The second-order valence-electron chi connectivity index (χ2n) is 7.61. The molecule has 4 rings (SSSR count). The van der Waals surface area contributed by atoms with Crippen LogP contribution in [-0.2, 0) is 16.4 Å². The van der Waals surface area contributed by atoms with Gasteiger partial charge in [0.2, 0.25) is 0 Å². The van der Waals surface area contributed by atoms with Crippen LogP contribution >= 0.6 is 11.6 Å². The summed E-state index contributed by atoms with van der Waals surface area (Å²) in [7, 11) is -4.29. The van der Waals surface area contributed by atoms with Gasteiger partial charge in [-0.25, -0.2) is 22.7 Å². The van der Waals surface area contributed by atoms with Crippen LogP contribution in [0.15, 0.2) is 76.7 Å². The maximum Gasteiger partial charge on any atom is 0.264 e. The average molecular weight is 506 g/mol. The predicted molar refractivity (Wildman–Crippen MR) is 128 cm³/mol. The van der Waals surface area contributed by atoms with Gasteiger partial charge >= 0.3 is 0 Å². The van der Waals surface area contributed by atoms with E-state index in [9.17, 15) is 17.2 Å². The Morgan fingerprint density at radius 3 is 2.53 bits per heavy atom. The third-order valence-electron chi connectivity index (χ3n) is 5.43. The van der Waals surface area contributed by atoms with Gasteiger partial charge < -0.3 is 0 Å². The number of rotatable bonds is 8. The van der Waals surface area contributed by atoms with Crippen LogP contribution in [0.4, 0.5) is 14.5 Å². The summed E-state index contributed by atoms with van der Waals surface area (Å²) in [6.45, 7) is 2.16. The molecular weight excluding hydrogens is 484 g/mol. The molecule has 0 bridgehead atoms. The van der Waals surface area contributed by atoms with Crippen LogP contribution < -0.4 is 15.3 Å². The summed E-state index contributed by atoms with van der Waals surface area (Å²) in [6.07, 6.45) is 2.03. The fraction of sp³-hybridized carbons (Fsp3) is 0.174. The van der Waals surface area contributed by atoms with Crippen molar-refractivity contribution in [1.82, 2.24) is 16.1 Å². The van der Waals surface area contributed by atoms with Crippen molar-refractivity contribution in [3.05, 3.63) is 94.5 Å². The van der Waals surface area contributed by atoms with E-state index in [2.05, 4.69) is 16.1 Å². The van der Waals surface area contributed by atoms with Crippen molar-refractivity contribution in [2.45, 2.75) is 24.3 Å². The van der Waals surface area contributed by atoms with Crippen LogP contribution in [0.5, 0.6) is 0 Å². The summed E-state index contributed by atoms with van der Waals surface area (Å²) in [5.74, 6) is -1.61. The lowest BCUT2D eigenvalue weighted by Gasteiger charge is -2.32. The molecule has 0 unspecified atom stereocenters. The fourth-order valence-corrected chi connectivity index (χ4v) is 5.55. The van der Waals surface area contributed by atoms with Crippen molar-refractivity contribution in [2.75, 3.05) is 10.8 Å². The van der Waals surface area contributed by atoms with Crippen LogP contribution in [-0.4, -0.2) is 26.4 Å². The molecule has 3 aromatic rings. The number of nitrogens with zero attached hydrogens (tertiary/aromatic N) is 3. The van der Waals surface area contributed by atoms with E-state index in [-0.39, 0.29) is 10.6 Å². The van der Waals surface area contributed by atoms with E-state index in [0.29, 0.717) is 23.6 Å². The number of halogens is 3. The highest BCUT2D eigenvalue weighted by molar-refractivity contribution is 7.92. The minimum absolute atomic E-state index is 0.0903. The second kappa shape index (κ2) is 9.96. The molecule has 1 atom stereocenters. The van der Waals surface area contributed by atoms with Gasteiger partial charge in [0.25, 0.3) is 10.0 Å². The Morgan fingerprint density at radius 1 is 1.09 bits per heavy atom. The van der Waals surface area contributed by atoms with Gasteiger partial charge in [0.1, 0.15) is 18.0 Å². The van der Waals surface area contributed by atoms with Crippen LogP contribution in [0.25, 0.3) is 0 Å². The van der Waals surface area contributed by atoms with Crippen LogP contribution in [0.2, 0.25) is 5.02 Å². The van der Waals surface area contributed by atoms with E-state index >= 15 is 0 Å². The van der Waals surface area contributed by atoms with E-state index in [1.165, 1.54) is 30.6 Å². The molecule has 0 aromatic heterocycles. The van der Waals surface area contributed by atoms with Crippen molar-refractivity contribution in [3.8, 4) is 0 Å². The summed E-state index contributed by atoms with van der Waals surface area (Å²) in [4.78, 5) is -0.0903. The smallest absolute Gasteiger partial charge is 0.264 e. The Bertz CT molecular complexity index is 1300. The van der Waals surface area contributed by atoms with E-state index < -0.39 is 27.7 Å². The predicted octanol–water partition coefficient (Wildman–Crippen LogP) is 4.39. The number of hydrazone groups is 1. The zero-order valence-electron chi connectivity index (χ0n) is 18.1. The third-order valence-corrected chi connectivity index (χ3v) is 7.59. The Kier molecular flexibility index (Phi) is 7.01. The molecule has 11 heteroatoms. The zero-order chi connectivity index (χ0) is 24.3. The van der Waals surface area contributed by atoms with Gasteiger partial charge in [-0.3, -0.25) is 9.73 Å². The Balaban J connectivity index is 1.78. The molecule has 0 fully saturated rings. The molecule has 178 valence electrons. The molecule has 0 amide bonds. The monoisotopic (exact) mass is 505 g/mol. The molecule has 1 aliphatic heterocycles. The number of benzene rings is 3. The number of nitrogens with one attached hydrogen (secondary N) is 2. The molecule has 3 aromatic carbocycles. The highest BCUT2D eigenvalue weighted by Crippen LogP contribution is 2.36. The quantitative estimate of drug-likeness (QED) is 0.475. The van der Waals surface area contributed by atoms with Crippen molar-refractivity contribution in [3.63, 3.8) is 0 Å². The largest absolute Gasteiger partial charge is 0.289 e. The van der Waals surface area contributed by atoms with Gasteiger partial charge in [-0.15, -0.1) is 5.12 Å². The first-order valence-electron chi connectivity index (χ1n) is 10.4. The fourth-order valence-electron chi connectivity index (χ4n) is 3.79. The minimum atomic E-state index is -4.29. The lowest BCUT2D eigenvalue weighted by molar-refractivity contribution is 0.183. The standard InChI is InChI=1S/C23H22ClF2N5O2S/c1-16(21-5-3-2-4-17(21)12-13-30-28-15-27-29-30)31(23-14-19(25)8-11-22(23)26)34(32,33)20-9-6-18(24)7-10-20/h2-11,14-16,29H,12-13H2,1H3,(H,27,28)/t16-/m1/s1. The topological polar surface area (TPSA) is 77.0 Å². The Morgan fingerprint density at radius 2 is 1.82 bits per heavy atom. The third kappa shape index (κ3) is 4.98. The molecule has 0 spiro atoms. The SMILES string of the molecule is C[C@H](c1ccccc1CCN1NC=NN1)N(c1cc(F)ccc1F)S(=O)(=O)c1ccc(Cl)cc1. The molecule has 0 radical (unpaired) electrons. The van der Waals surface area contributed by atoms with Crippen molar-refractivity contribution in [2.24, 2.45) is 5.10 Å². The van der Waals surface area contributed by atoms with Gasteiger partial charge in [-0.1, -0.05) is 35.9 Å². The van der Waals surface area contributed by atoms with Gasteiger partial charge in [0.15, 0.2) is 0 Å². The number of anilines is 1. The molecule has 1 heterocycles. The van der Waals surface area contributed by atoms with Gasteiger partial charge in [-0.2, -0.15) is 5.10 Å². The highest BCUT2D eigenvalue weighted by Gasteiger charge is 2.33. The number of hydrogen-bond donors (Lipinski definition) is 2. The molecular formula is C23H22ClF2N5O2S. The lowest BCUT2D eigenvalue weighted by Crippen LogP contribution is -2.40. The summed E-state index contributed by atoms with van der Waals surface area (Å²) in [5, 5.41) is 5.88. The Labute approximate surface area is 201 Å². The average Bonchev–Trinajstić information content (AvgIpc) is 3.34. The van der Waals surface area contributed by atoms with Crippen molar-refractivity contribution in [1.29, 1.82) is 0 Å². The van der Waals surface area contributed by atoms with Crippen LogP contribution in [0.3, 0.4) is 0 Å². The molecule has 1 aliphatic rings. The van der Waals surface area contributed by atoms with Crippen molar-refractivity contribution >= 4 is 33.7 Å². The summed E-state index contributed by atoms with van der Waals surface area (Å²) in [5.41, 5.74) is 6.80. The van der Waals surface area contributed by atoms with Gasteiger partial charge in [-0.05, 0) is 60.9 Å². The van der Waals surface area contributed by atoms with E-state index in [1.807, 2.05) is 12.1 Å². The molecule has 0 aliphatic carbocycles. The Hall–Kier alpha value is -3.21. The maximum atomic E-state index is 14.9. The number of hydrazine groups is 2. The zero-order valence-corrected chi connectivity index (χ0v) is 19.7. The minimum Gasteiger partial charge on any atom is -0.289 e. The molecule has 0 saturated heterocycles. The van der Waals surface area contributed by atoms with Crippen LogP contribution in [0, 0.1) is 11.6 Å². The maximum absolute atomic E-state index is 14.9. The first-order valence-corrected chi connectivity index (χ1v) is 12.2. The molecule has 2 N–H and O–H groups in total. The summed E-state index contributed by atoms with van der Waals surface area (Å²) in [6, 6.07) is 14.7. The second-order valence-corrected chi connectivity index (χ2v) is 9.87. The normalized spacial score (nSPS) is 14.5. The summed E-state index contributed by atoms with van der Waals surface area (Å²) >= 11 is 5.93. The van der Waals surface area contributed by atoms with Gasteiger partial charge in [0, 0.05) is 17.6 Å². The molecule has 0 saturated carbocycles.